The first-order valence-electron chi connectivity index (χ1n) is 7.42. The summed E-state index contributed by atoms with van der Waals surface area (Å²) in [5.74, 6) is -0.326. The van der Waals surface area contributed by atoms with Gasteiger partial charge >= 0.3 is 6.18 Å². The molecule has 0 aliphatic heterocycles. The van der Waals surface area contributed by atoms with E-state index in [0.717, 1.165) is 25.0 Å². The van der Waals surface area contributed by atoms with Crippen molar-refractivity contribution in [3.63, 3.8) is 0 Å². The van der Waals surface area contributed by atoms with Crippen molar-refractivity contribution in [3.8, 4) is 0 Å². The summed E-state index contributed by atoms with van der Waals surface area (Å²) in [6.07, 6.45) is -2.45. The minimum Gasteiger partial charge on any atom is -0.335 e. The molecular formula is C16H22ClF3N2O. The minimum absolute atomic E-state index is 0. The first-order chi connectivity index (χ1) is 10.2. The lowest BCUT2D eigenvalue weighted by Crippen LogP contribution is -2.42. The first-order valence-corrected chi connectivity index (χ1v) is 7.42. The van der Waals surface area contributed by atoms with E-state index in [1.807, 2.05) is 0 Å². The van der Waals surface area contributed by atoms with E-state index < -0.39 is 11.7 Å². The van der Waals surface area contributed by atoms with Crippen molar-refractivity contribution in [2.75, 3.05) is 0 Å². The van der Waals surface area contributed by atoms with Crippen LogP contribution in [0.3, 0.4) is 0 Å². The van der Waals surface area contributed by atoms with E-state index in [4.69, 9.17) is 5.73 Å². The van der Waals surface area contributed by atoms with Crippen LogP contribution in [0, 0.1) is 5.92 Å². The average molecular weight is 351 g/mol. The topological polar surface area (TPSA) is 46.3 Å². The number of rotatable bonds is 5. The number of nitrogens with zero attached hydrogens (tertiary/aromatic N) is 1. The van der Waals surface area contributed by atoms with E-state index in [-0.39, 0.29) is 36.3 Å². The van der Waals surface area contributed by atoms with Crippen molar-refractivity contribution < 1.29 is 18.0 Å². The van der Waals surface area contributed by atoms with Crippen LogP contribution in [-0.4, -0.2) is 22.9 Å². The van der Waals surface area contributed by atoms with Gasteiger partial charge in [0.2, 0.25) is 5.91 Å². The third kappa shape index (κ3) is 5.11. The monoisotopic (exact) mass is 350 g/mol. The molecule has 3 nitrogen and oxygen atoms in total. The second-order valence-corrected chi connectivity index (χ2v) is 6.04. The summed E-state index contributed by atoms with van der Waals surface area (Å²) >= 11 is 0. The molecule has 1 aliphatic carbocycles. The highest BCUT2D eigenvalue weighted by Crippen LogP contribution is 2.32. The van der Waals surface area contributed by atoms with Gasteiger partial charge in [0, 0.05) is 18.6 Å². The summed E-state index contributed by atoms with van der Waals surface area (Å²) < 4.78 is 37.7. The second kappa shape index (κ2) is 7.53. The molecule has 23 heavy (non-hydrogen) atoms. The molecule has 130 valence electrons. The number of nitrogens with two attached hydrogens (primary N) is 1. The van der Waals surface area contributed by atoms with Crippen molar-refractivity contribution in [2.45, 2.75) is 51.5 Å². The van der Waals surface area contributed by atoms with E-state index >= 15 is 0 Å². The van der Waals surface area contributed by atoms with Crippen LogP contribution in [0.15, 0.2) is 24.3 Å². The highest BCUT2D eigenvalue weighted by Gasteiger charge is 2.35. The van der Waals surface area contributed by atoms with Gasteiger partial charge < -0.3 is 10.6 Å². The number of halogens is 4. The molecule has 2 atom stereocenters. The zero-order chi connectivity index (χ0) is 16.5. The van der Waals surface area contributed by atoms with Gasteiger partial charge in [0.25, 0.3) is 0 Å². The number of carbonyl (C=O) groups is 1. The first kappa shape index (κ1) is 19.8. The Morgan fingerprint density at radius 2 is 1.78 bits per heavy atom. The van der Waals surface area contributed by atoms with Crippen LogP contribution >= 0.6 is 12.4 Å². The fraction of sp³-hybridized carbons (Fsp3) is 0.562. The number of amides is 1. The van der Waals surface area contributed by atoms with Gasteiger partial charge in [-0.05, 0) is 37.5 Å². The quantitative estimate of drug-likeness (QED) is 0.882. The fourth-order valence-electron chi connectivity index (χ4n) is 2.26. The third-order valence-corrected chi connectivity index (χ3v) is 4.08. The van der Waals surface area contributed by atoms with Crippen LogP contribution in [-0.2, 0) is 17.5 Å². The Labute approximate surface area is 140 Å². The number of hydrogen-bond donors (Lipinski definition) is 1. The number of alkyl halides is 3. The van der Waals surface area contributed by atoms with Crippen LogP contribution in [0.25, 0.3) is 0 Å². The van der Waals surface area contributed by atoms with E-state index in [1.54, 1.807) is 18.7 Å². The Morgan fingerprint density at radius 3 is 2.17 bits per heavy atom. The molecule has 2 unspecified atom stereocenters. The lowest BCUT2D eigenvalue weighted by Gasteiger charge is -2.27. The molecule has 0 heterocycles. The molecule has 1 aliphatic rings. The zero-order valence-electron chi connectivity index (χ0n) is 13.1. The van der Waals surface area contributed by atoms with Gasteiger partial charge in [0.15, 0.2) is 0 Å². The van der Waals surface area contributed by atoms with Gasteiger partial charge in [-0.25, -0.2) is 0 Å². The maximum Gasteiger partial charge on any atom is 0.416 e. The van der Waals surface area contributed by atoms with Gasteiger partial charge in [-0.1, -0.05) is 19.1 Å². The van der Waals surface area contributed by atoms with Crippen LogP contribution in [0.2, 0.25) is 0 Å². The highest BCUT2D eigenvalue weighted by molar-refractivity contribution is 5.85. The maximum atomic E-state index is 12.6. The molecule has 0 radical (unpaired) electrons. The molecule has 1 aromatic carbocycles. The molecule has 1 saturated carbocycles. The van der Waals surface area contributed by atoms with E-state index in [0.29, 0.717) is 12.1 Å². The molecule has 1 amide bonds. The second-order valence-electron chi connectivity index (χ2n) is 6.04. The van der Waals surface area contributed by atoms with Crippen LogP contribution < -0.4 is 5.73 Å². The Balaban J connectivity index is 0.00000264. The van der Waals surface area contributed by atoms with Gasteiger partial charge in [0.1, 0.15) is 0 Å². The van der Waals surface area contributed by atoms with Crippen molar-refractivity contribution >= 4 is 18.3 Å². The molecule has 2 N–H and O–H groups in total. The maximum absolute atomic E-state index is 12.6. The van der Waals surface area contributed by atoms with Gasteiger partial charge in [0.05, 0.1) is 11.5 Å². The smallest absolute Gasteiger partial charge is 0.335 e. The lowest BCUT2D eigenvalue weighted by atomic mass is 10.0. The van der Waals surface area contributed by atoms with E-state index in [1.165, 1.54) is 12.1 Å². The summed E-state index contributed by atoms with van der Waals surface area (Å²) in [5, 5.41) is 0. The molecule has 0 aromatic heterocycles. The zero-order valence-corrected chi connectivity index (χ0v) is 14.0. The van der Waals surface area contributed by atoms with Crippen LogP contribution in [0.5, 0.6) is 0 Å². The molecule has 7 heteroatoms. The van der Waals surface area contributed by atoms with Crippen LogP contribution in [0.4, 0.5) is 13.2 Å². The van der Waals surface area contributed by atoms with Crippen LogP contribution in [0.1, 0.15) is 37.8 Å². The minimum atomic E-state index is -4.34. The lowest BCUT2D eigenvalue weighted by molar-refractivity contribution is -0.138. The predicted molar refractivity (Wildman–Crippen MR) is 85.1 cm³/mol. The molecule has 0 spiro atoms. The Hall–Kier alpha value is -1.27. The van der Waals surface area contributed by atoms with Crippen molar-refractivity contribution in [2.24, 2.45) is 11.7 Å². The molecule has 1 aromatic rings. The summed E-state index contributed by atoms with van der Waals surface area (Å²) in [7, 11) is 0. The highest BCUT2D eigenvalue weighted by atomic mass is 35.5. The molecule has 1 fully saturated rings. The Bertz CT molecular complexity index is 527. The van der Waals surface area contributed by atoms with Crippen molar-refractivity contribution in [3.05, 3.63) is 35.4 Å². The average Bonchev–Trinajstić information content (AvgIpc) is 3.27. The molecule has 2 rings (SSSR count). The number of benzene rings is 1. The SMILES string of the molecule is CC(N)C(C)C(=O)N(Cc1ccc(C(F)(F)F)cc1)C1CC1.Cl. The van der Waals surface area contributed by atoms with E-state index in [2.05, 4.69) is 0 Å². The largest absolute Gasteiger partial charge is 0.416 e. The Morgan fingerprint density at radius 1 is 1.26 bits per heavy atom. The normalized spacial score (nSPS) is 17.1. The number of carbonyl (C=O) groups excluding carboxylic acids is 1. The number of hydrogen-bond acceptors (Lipinski definition) is 2. The summed E-state index contributed by atoms with van der Waals surface area (Å²) in [4.78, 5) is 14.2. The Kier molecular flexibility index (Phi) is 6.48. The predicted octanol–water partition coefficient (Wildman–Crippen LogP) is 3.60. The summed E-state index contributed by atoms with van der Waals surface area (Å²) in [6, 6.07) is 4.92. The third-order valence-electron chi connectivity index (χ3n) is 4.08. The molecular weight excluding hydrogens is 329 g/mol. The van der Waals surface area contributed by atoms with Crippen molar-refractivity contribution in [1.29, 1.82) is 0 Å². The summed E-state index contributed by atoms with van der Waals surface area (Å²) in [6.45, 7) is 3.90. The van der Waals surface area contributed by atoms with Crippen molar-refractivity contribution in [1.82, 2.24) is 4.90 Å². The van der Waals surface area contributed by atoms with E-state index in [9.17, 15) is 18.0 Å². The van der Waals surface area contributed by atoms with Gasteiger partial charge in [-0.3, -0.25) is 4.79 Å². The fourth-order valence-corrected chi connectivity index (χ4v) is 2.26. The van der Waals surface area contributed by atoms with Gasteiger partial charge in [-0.15, -0.1) is 12.4 Å². The van der Waals surface area contributed by atoms with Gasteiger partial charge in [-0.2, -0.15) is 13.2 Å². The summed E-state index contributed by atoms with van der Waals surface area (Å²) in [5.41, 5.74) is 5.81. The standard InChI is InChI=1S/C16H21F3N2O.ClH/c1-10(11(2)20)15(22)21(14-7-8-14)9-12-3-5-13(6-4-12)16(17,18)19;/h3-6,10-11,14H,7-9,20H2,1-2H3;1H. The molecule has 0 saturated heterocycles. The molecule has 0 bridgehead atoms.